The van der Waals surface area contributed by atoms with E-state index in [9.17, 15) is 0 Å². The molecule has 3 nitrogen and oxygen atoms in total. The highest BCUT2D eigenvalue weighted by atomic mass is 35.5. The molecule has 62 valence electrons. The molecule has 8 heteroatoms. The predicted octanol–water partition coefficient (Wildman–Crippen LogP) is 2.35. The van der Waals surface area contributed by atoms with Gasteiger partial charge in [0, 0.05) is 5.50 Å². The van der Waals surface area contributed by atoms with E-state index in [1.54, 1.807) is 0 Å². The summed E-state index contributed by atoms with van der Waals surface area (Å²) in [4.78, 5) is 0. The Balaban J connectivity index is 4.45. The van der Waals surface area contributed by atoms with Gasteiger partial charge in [0.2, 0.25) is 0 Å². The lowest BCUT2D eigenvalue weighted by Crippen LogP contribution is -2.23. The molecule has 0 radical (unpaired) electrons. The second-order valence-corrected chi connectivity index (χ2v) is 15.4. The summed E-state index contributed by atoms with van der Waals surface area (Å²) >= 11 is 8.51. The Bertz CT molecular complexity index is 223. The van der Waals surface area contributed by atoms with Crippen molar-refractivity contribution in [3.05, 3.63) is 0 Å². The van der Waals surface area contributed by atoms with Crippen LogP contribution in [-0.4, -0.2) is 11.0 Å². The Labute approximate surface area is 88.0 Å². The molecule has 0 atom stereocenters. The zero-order valence-corrected chi connectivity index (χ0v) is 9.86. The molecule has 0 saturated heterocycles. The Morgan fingerprint density at radius 3 is 1.50 bits per heavy atom. The van der Waals surface area contributed by atoms with Gasteiger partial charge in [0.25, 0.3) is 5.52 Å². The smallest absolute Gasteiger partial charge is 0.186 e. The van der Waals surface area contributed by atoms with Gasteiger partial charge in [-0.25, -0.2) is 0 Å². The summed E-state index contributed by atoms with van der Waals surface area (Å²) in [5, 5.41) is 30.9. The van der Waals surface area contributed by atoms with Crippen molar-refractivity contribution in [1.82, 2.24) is 0 Å². The zero-order chi connectivity index (χ0) is 9.45. The van der Waals surface area contributed by atoms with E-state index in [2.05, 4.69) is 0 Å². The van der Waals surface area contributed by atoms with E-state index >= 15 is 0 Å². The topological polar surface area (TPSA) is 71.4 Å². The molecule has 0 aliphatic rings. The van der Waals surface area contributed by atoms with Gasteiger partial charge in [-0.15, -0.1) is 11.6 Å². The van der Waals surface area contributed by atoms with Crippen LogP contribution in [0, 0.1) is 32.0 Å². The summed E-state index contributed by atoms with van der Waals surface area (Å²) in [6, 6.07) is 0. The molecular formula is C4H2ClN3S3Si. The molecule has 0 aliphatic heterocycles. The van der Waals surface area contributed by atoms with Crippen LogP contribution in [0.25, 0.3) is 0 Å². The van der Waals surface area contributed by atoms with Gasteiger partial charge in [0.15, 0.2) is 0 Å². The third kappa shape index (κ3) is 3.62. The number of halogens is 1. The fraction of sp³-hybridized carbons (Fsp3) is 0.250. The molecule has 0 unspecified atom stereocenters. The molecule has 0 aromatic heterocycles. The van der Waals surface area contributed by atoms with Crippen molar-refractivity contribution in [1.29, 1.82) is 15.8 Å². The van der Waals surface area contributed by atoms with Gasteiger partial charge >= 0.3 is 0 Å². The van der Waals surface area contributed by atoms with Crippen molar-refractivity contribution in [2.24, 2.45) is 0 Å². The van der Waals surface area contributed by atoms with Crippen molar-refractivity contribution >= 4 is 50.8 Å². The Kier molecular flexibility index (Phi) is 6.55. The monoisotopic (exact) mass is 251 g/mol. The van der Waals surface area contributed by atoms with Crippen LogP contribution in [0.2, 0.25) is 0 Å². The number of thiocyanates is 3. The number of hydrogen-bond donors (Lipinski definition) is 0. The molecule has 0 bridgehead atoms. The number of hydrogen-bond acceptors (Lipinski definition) is 6. The zero-order valence-electron chi connectivity index (χ0n) is 5.65. The van der Waals surface area contributed by atoms with Gasteiger partial charge in [-0.05, 0) is 33.6 Å². The minimum atomic E-state index is -2.34. The van der Waals surface area contributed by atoms with Crippen molar-refractivity contribution in [2.45, 2.75) is 0 Å². The maximum absolute atomic E-state index is 8.43. The molecule has 0 N–H and O–H groups in total. The van der Waals surface area contributed by atoms with E-state index in [-0.39, 0.29) is 5.50 Å². The van der Waals surface area contributed by atoms with Crippen LogP contribution in [-0.2, 0) is 0 Å². The maximum atomic E-state index is 8.43. The summed E-state index contributed by atoms with van der Waals surface area (Å²) in [7, 11) is 0. The first-order valence-electron chi connectivity index (χ1n) is 2.52. The molecule has 0 fully saturated rings. The summed E-state index contributed by atoms with van der Waals surface area (Å²) < 4.78 is 0. The first-order chi connectivity index (χ1) is 5.74. The highest BCUT2D eigenvalue weighted by Crippen LogP contribution is 2.41. The van der Waals surface area contributed by atoms with Crippen molar-refractivity contribution in [2.75, 3.05) is 5.50 Å². The lowest BCUT2D eigenvalue weighted by molar-refractivity contribution is 1.57. The highest BCUT2D eigenvalue weighted by Gasteiger charge is 2.37. The van der Waals surface area contributed by atoms with E-state index < -0.39 is 5.52 Å². The molecule has 12 heavy (non-hydrogen) atoms. The minimum Gasteiger partial charge on any atom is -0.186 e. The van der Waals surface area contributed by atoms with Crippen LogP contribution < -0.4 is 0 Å². The molecule has 0 aromatic carbocycles. The third-order valence-corrected chi connectivity index (χ3v) is 14.3. The first kappa shape index (κ1) is 12.0. The molecule has 0 aliphatic carbocycles. The molecule has 0 amide bonds. The molecule has 0 aromatic rings. The van der Waals surface area contributed by atoms with E-state index in [4.69, 9.17) is 27.4 Å². The first-order valence-corrected chi connectivity index (χ1v) is 9.88. The van der Waals surface area contributed by atoms with Gasteiger partial charge < -0.3 is 0 Å². The molecular weight excluding hydrogens is 250 g/mol. The van der Waals surface area contributed by atoms with Gasteiger partial charge in [-0.3, -0.25) is 0 Å². The minimum absolute atomic E-state index is 0.210. The van der Waals surface area contributed by atoms with Crippen molar-refractivity contribution in [3.8, 4) is 16.2 Å². The summed E-state index contributed by atoms with van der Waals surface area (Å²) in [5.74, 6) is 0. The Morgan fingerprint density at radius 2 is 1.33 bits per heavy atom. The average Bonchev–Trinajstić information content (AvgIpc) is 2.06. The van der Waals surface area contributed by atoms with E-state index in [1.165, 1.54) is 0 Å². The lowest BCUT2D eigenvalue weighted by Gasteiger charge is -2.14. The number of rotatable bonds is 4. The summed E-state index contributed by atoms with van der Waals surface area (Å²) in [5.41, 5.74) is -2.13. The molecule has 0 heterocycles. The van der Waals surface area contributed by atoms with Gasteiger partial charge in [0.1, 0.15) is 16.2 Å². The normalized spacial score (nSPS) is 9.50. The third-order valence-electron chi connectivity index (χ3n) is 0.767. The van der Waals surface area contributed by atoms with Crippen LogP contribution in [0.15, 0.2) is 0 Å². The fourth-order valence-corrected chi connectivity index (χ4v) is 7.79. The largest absolute Gasteiger partial charge is 0.299 e. The molecule has 0 rings (SSSR count). The number of nitriles is 3. The van der Waals surface area contributed by atoms with Crippen LogP contribution in [0.4, 0.5) is 0 Å². The van der Waals surface area contributed by atoms with Crippen molar-refractivity contribution in [3.63, 3.8) is 0 Å². The fourth-order valence-electron chi connectivity index (χ4n) is 0.353. The van der Waals surface area contributed by atoms with Crippen LogP contribution in [0.1, 0.15) is 0 Å². The second kappa shape index (κ2) is 6.53. The highest BCUT2D eigenvalue weighted by molar-refractivity contribution is 8.83. The van der Waals surface area contributed by atoms with Crippen LogP contribution in [0.3, 0.4) is 0 Å². The quantitative estimate of drug-likeness (QED) is 0.434. The number of alkyl halides is 1. The van der Waals surface area contributed by atoms with E-state index in [0.29, 0.717) is 0 Å². The predicted molar refractivity (Wildman–Crippen MR) is 56.1 cm³/mol. The summed E-state index contributed by atoms with van der Waals surface area (Å²) in [6.07, 6.45) is 0. The van der Waals surface area contributed by atoms with Crippen molar-refractivity contribution < 1.29 is 0 Å². The van der Waals surface area contributed by atoms with Gasteiger partial charge in [-0.1, -0.05) is 0 Å². The Morgan fingerprint density at radius 1 is 1.00 bits per heavy atom. The standard InChI is InChI=1S/C4H2ClN3S3Si/c5-1-12(9-2-6,10-3-7)11-4-8/h1H2. The average molecular weight is 252 g/mol. The van der Waals surface area contributed by atoms with Crippen LogP contribution >= 0.6 is 45.2 Å². The lowest BCUT2D eigenvalue weighted by atomic mass is 11.8. The number of nitrogens with zero attached hydrogens (tertiary/aromatic N) is 3. The SMILES string of the molecule is N#CS[Si](CCl)(SC#N)SC#N. The van der Waals surface area contributed by atoms with E-state index in [1.807, 2.05) is 16.2 Å². The van der Waals surface area contributed by atoms with Crippen LogP contribution in [0.5, 0.6) is 0 Å². The second-order valence-electron chi connectivity index (χ2n) is 1.40. The van der Waals surface area contributed by atoms with E-state index in [0.717, 1.165) is 33.6 Å². The molecule has 0 spiro atoms. The molecule has 0 saturated carbocycles. The van der Waals surface area contributed by atoms with Gasteiger partial charge in [-0.2, -0.15) is 15.8 Å². The maximum Gasteiger partial charge on any atom is 0.299 e. The summed E-state index contributed by atoms with van der Waals surface area (Å²) in [6.45, 7) is 0. The Hall–Kier alpha value is 0.0269. The van der Waals surface area contributed by atoms with Gasteiger partial charge in [0.05, 0.1) is 0 Å².